The number of allylic oxidation sites excluding steroid dienone is 2. The molecule has 0 aromatic rings. The summed E-state index contributed by atoms with van der Waals surface area (Å²) in [4.78, 5) is 61.3. The second-order valence-electron chi connectivity index (χ2n) is 7.47. The van der Waals surface area contributed by atoms with Crippen LogP contribution < -0.4 is 10.6 Å². The van der Waals surface area contributed by atoms with Gasteiger partial charge in [-0.1, -0.05) is 26.0 Å². The Morgan fingerprint density at radius 1 is 1.11 bits per heavy atom. The fourth-order valence-electron chi connectivity index (χ4n) is 3.25. The number of amides is 5. The summed E-state index contributed by atoms with van der Waals surface area (Å²) in [5.74, 6) is -2.91. The minimum atomic E-state index is -1.13. The molecule has 0 aromatic carbocycles. The van der Waals surface area contributed by atoms with E-state index in [0.29, 0.717) is 25.3 Å². The van der Waals surface area contributed by atoms with Gasteiger partial charge in [-0.3, -0.25) is 24.6 Å². The average molecular weight is 393 g/mol. The minimum absolute atomic E-state index is 0.391. The standard InChI is InChI=1S/C19H27N3O6/c1-11(2)8-9-20-19(27)21-15(23)10-28-18(26)12(3)22-16(24)13-6-4-5-7-14(13)17(22)25/h4-5,11-14H,6-10H2,1-3H3,(H2,20,21,23,27)/t12-,13+,14+/m0/s1. The lowest BCUT2D eigenvalue weighted by Gasteiger charge is -2.21. The largest absolute Gasteiger partial charge is 0.454 e. The lowest BCUT2D eigenvalue weighted by atomic mass is 9.85. The van der Waals surface area contributed by atoms with Gasteiger partial charge in [-0.25, -0.2) is 9.59 Å². The molecule has 1 aliphatic heterocycles. The van der Waals surface area contributed by atoms with Gasteiger partial charge in [-0.2, -0.15) is 0 Å². The van der Waals surface area contributed by atoms with Crippen molar-refractivity contribution < 1.29 is 28.7 Å². The lowest BCUT2D eigenvalue weighted by molar-refractivity contribution is -0.159. The van der Waals surface area contributed by atoms with Crippen molar-refractivity contribution in [1.82, 2.24) is 15.5 Å². The van der Waals surface area contributed by atoms with Crippen LogP contribution in [0.25, 0.3) is 0 Å². The lowest BCUT2D eigenvalue weighted by Crippen LogP contribution is -2.46. The Bertz CT molecular complexity index is 661. The molecule has 2 N–H and O–H groups in total. The van der Waals surface area contributed by atoms with Gasteiger partial charge in [0.05, 0.1) is 11.8 Å². The summed E-state index contributed by atoms with van der Waals surface area (Å²) in [7, 11) is 0. The quantitative estimate of drug-likeness (QED) is 0.374. The zero-order valence-corrected chi connectivity index (χ0v) is 16.4. The highest BCUT2D eigenvalue weighted by molar-refractivity contribution is 6.08. The number of fused-ring (bicyclic) bond motifs is 1. The second kappa shape index (κ2) is 9.48. The number of urea groups is 1. The minimum Gasteiger partial charge on any atom is -0.454 e. The highest BCUT2D eigenvalue weighted by Crippen LogP contribution is 2.36. The molecule has 0 radical (unpaired) electrons. The molecule has 0 aromatic heterocycles. The van der Waals surface area contributed by atoms with Crippen LogP contribution in [0.4, 0.5) is 4.79 Å². The van der Waals surface area contributed by atoms with Gasteiger partial charge in [-0.15, -0.1) is 0 Å². The maximum atomic E-state index is 12.5. The van der Waals surface area contributed by atoms with Crippen LogP contribution in [0.3, 0.4) is 0 Å². The Labute approximate surface area is 163 Å². The number of carbonyl (C=O) groups is 5. The summed E-state index contributed by atoms with van der Waals surface area (Å²) >= 11 is 0. The van der Waals surface area contributed by atoms with Crippen molar-refractivity contribution in [2.45, 2.75) is 46.1 Å². The number of esters is 1. The zero-order chi connectivity index (χ0) is 20.8. The van der Waals surface area contributed by atoms with Crippen molar-refractivity contribution >= 4 is 29.7 Å². The number of hydrogen-bond donors (Lipinski definition) is 2. The summed E-state index contributed by atoms with van der Waals surface area (Å²) in [6.07, 6.45) is 5.43. The van der Waals surface area contributed by atoms with Gasteiger partial charge in [0.2, 0.25) is 11.8 Å². The first-order valence-electron chi connectivity index (χ1n) is 9.48. The van der Waals surface area contributed by atoms with E-state index in [9.17, 15) is 24.0 Å². The van der Waals surface area contributed by atoms with Crippen LogP contribution in [0, 0.1) is 17.8 Å². The molecular formula is C19H27N3O6. The number of nitrogens with zero attached hydrogens (tertiary/aromatic N) is 1. The summed E-state index contributed by atoms with van der Waals surface area (Å²) < 4.78 is 4.88. The van der Waals surface area contributed by atoms with Gasteiger partial charge in [0.15, 0.2) is 6.61 Å². The molecule has 9 nitrogen and oxygen atoms in total. The first-order chi connectivity index (χ1) is 13.2. The van der Waals surface area contributed by atoms with Gasteiger partial charge >= 0.3 is 12.0 Å². The molecule has 1 heterocycles. The highest BCUT2D eigenvalue weighted by atomic mass is 16.5. The molecule has 1 saturated heterocycles. The molecule has 2 aliphatic rings. The predicted molar refractivity (Wildman–Crippen MR) is 98.6 cm³/mol. The third kappa shape index (κ3) is 5.17. The Balaban J connectivity index is 1.79. The Hall–Kier alpha value is -2.71. The summed E-state index contributed by atoms with van der Waals surface area (Å²) in [6.45, 7) is 5.15. The number of nitrogens with one attached hydrogen (secondary N) is 2. The molecule has 1 aliphatic carbocycles. The molecule has 154 valence electrons. The topological polar surface area (TPSA) is 122 Å². The fraction of sp³-hybridized carbons (Fsp3) is 0.632. The monoisotopic (exact) mass is 393 g/mol. The van der Waals surface area contributed by atoms with E-state index in [-0.39, 0.29) is 0 Å². The number of ether oxygens (including phenoxy) is 1. The maximum absolute atomic E-state index is 12.5. The van der Waals surface area contributed by atoms with Crippen LogP contribution in [-0.2, 0) is 23.9 Å². The number of likely N-dealkylation sites (tertiary alicyclic amines) is 1. The van der Waals surface area contributed by atoms with Gasteiger partial charge < -0.3 is 10.1 Å². The number of imide groups is 2. The van der Waals surface area contributed by atoms with E-state index in [4.69, 9.17) is 4.74 Å². The third-order valence-corrected chi connectivity index (χ3v) is 4.88. The summed E-state index contributed by atoms with van der Waals surface area (Å²) in [6, 6.07) is -1.80. The van der Waals surface area contributed by atoms with Crippen molar-refractivity contribution in [3.8, 4) is 0 Å². The van der Waals surface area contributed by atoms with Gasteiger partial charge in [0, 0.05) is 6.54 Å². The van der Waals surface area contributed by atoms with Crippen molar-refractivity contribution in [3.05, 3.63) is 12.2 Å². The van der Waals surface area contributed by atoms with Gasteiger partial charge in [-0.05, 0) is 32.1 Å². The predicted octanol–water partition coefficient (Wildman–Crippen LogP) is 0.741. The zero-order valence-electron chi connectivity index (χ0n) is 16.4. The van der Waals surface area contributed by atoms with E-state index < -0.39 is 54.2 Å². The molecule has 28 heavy (non-hydrogen) atoms. The Morgan fingerprint density at radius 3 is 2.21 bits per heavy atom. The first kappa shape index (κ1) is 21.6. The van der Waals surface area contributed by atoms with E-state index in [2.05, 4.69) is 10.6 Å². The molecule has 0 saturated carbocycles. The van der Waals surface area contributed by atoms with E-state index in [1.807, 2.05) is 26.0 Å². The molecule has 5 amide bonds. The summed E-state index contributed by atoms with van der Waals surface area (Å²) in [5, 5.41) is 4.58. The normalized spacial score (nSPS) is 22.1. The van der Waals surface area contributed by atoms with Crippen molar-refractivity contribution in [3.63, 3.8) is 0 Å². The van der Waals surface area contributed by atoms with E-state index in [0.717, 1.165) is 11.3 Å². The molecule has 0 unspecified atom stereocenters. The molecular weight excluding hydrogens is 366 g/mol. The van der Waals surface area contributed by atoms with Crippen LogP contribution in [0.2, 0.25) is 0 Å². The highest BCUT2D eigenvalue weighted by Gasteiger charge is 2.50. The molecule has 9 heteroatoms. The fourth-order valence-corrected chi connectivity index (χ4v) is 3.25. The molecule has 0 spiro atoms. The van der Waals surface area contributed by atoms with Crippen molar-refractivity contribution in [1.29, 1.82) is 0 Å². The van der Waals surface area contributed by atoms with Gasteiger partial charge in [0.25, 0.3) is 5.91 Å². The number of carbonyl (C=O) groups excluding carboxylic acids is 5. The Kier molecular flexibility index (Phi) is 7.31. The average Bonchev–Trinajstić information content (AvgIpc) is 2.90. The SMILES string of the molecule is CC(C)CCNC(=O)NC(=O)COC(=O)[C@H](C)N1C(=O)[C@@H]2CC=CC[C@H]2C1=O. The first-order valence-corrected chi connectivity index (χ1v) is 9.48. The smallest absolute Gasteiger partial charge is 0.329 e. The van der Waals surface area contributed by atoms with Crippen LogP contribution >= 0.6 is 0 Å². The van der Waals surface area contributed by atoms with E-state index in [1.54, 1.807) is 0 Å². The van der Waals surface area contributed by atoms with Crippen molar-refractivity contribution in [2.75, 3.05) is 13.2 Å². The van der Waals surface area contributed by atoms with E-state index in [1.165, 1.54) is 6.92 Å². The van der Waals surface area contributed by atoms with Crippen LogP contribution in [0.5, 0.6) is 0 Å². The maximum Gasteiger partial charge on any atom is 0.329 e. The summed E-state index contributed by atoms with van der Waals surface area (Å²) in [5.41, 5.74) is 0. The molecule has 0 bridgehead atoms. The molecule has 3 atom stereocenters. The van der Waals surface area contributed by atoms with Gasteiger partial charge in [0.1, 0.15) is 6.04 Å². The number of hydrogen-bond acceptors (Lipinski definition) is 6. The van der Waals surface area contributed by atoms with Crippen LogP contribution in [0.1, 0.15) is 40.0 Å². The molecule has 2 rings (SSSR count). The number of rotatable bonds is 7. The van der Waals surface area contributed by atoms with E-state index >= 15 is 0 Å². The van der Waals surface area contributed by atoms with Crippen molar-refractivity contribution in [2.24, 2.45) is 17.8 Å². The van der Waals surface area contributed by atoms with Crippen LogP contribution in [0.15, 0.2) is 12.2 Å². The molecule has 1 fully saturated rings. The van der Waals surface area contributed by atoms with Crippen LogP contribution in [-0.4, -0.2) is 53.8 Å². The third-order valence-electron chi connectivity index (χ3n) is 4.88. The second-order valence-corrected chi connectivity index (χ2v) is 7.47. The Morgan fingerprint density at radius 2 is 1.68 bits per heavy atom.